The lowest BCUT2D eigenvalue weighted by Crippen LogP contribution is -2.35. The maximum Gasteiger partial charge on any atom is 0.220 e. The summed E-state index contributed by atoms with van der Waals surface area (Å²) < 4.78 is 1.92. The van der Waals surface area contributed by atoms with Crippen LogP contribution in [-0.2, 0) is 0 Å². The lowest BCUT2D eigenvalue weighted by molar-refractivity contribution is 0.347. The molecular formula is C24H26N7P. The van der Waals surface area contributed by atoms with Crippen LogP contribution in [0.25, 0.3) is 16.8 Å². The Labute approximate surface area is 189 Å². The van der Waals surface area contributed by atoms with Gasteiger partial charge in [-0.2, -0.15) is 5.10 Å². The fourth-order valence-electron chi connectivity index (χ4n) is 4.13. The smallest absolute Gasteiger partial charge is 0.220 e. The van der Waals surface area contributed by atoms with Crippen molar-refractivity contribution in [2.75, 3.05) is 31.2 Å². The minimum atomic E-state index is 0.267. The number of hydrogen-bond acceptors (Lipinski definition) is 5. The Morgan fingerprint density at radius 1 is 1.03 bits per heavy atom. The average Bonchev–Trinajstić information content (AvgIpc) is 3.21. The van der Waals surface area contributed by atoms with Crippen molar-refractivity contribution < 1.29 is 0 Å². The third-order valence-corrected chi connectivity index (χ3v) is 7.03. The molecule has 0 spiro atoms. The van der Waals surface area contributed by atoms with E-state index in [-0.39, 0.29) is 5.95 Å². The molecule has 7 nitrogen and oxygen atoms in total. The van der Waals surface area contributed by atoms with Gasteiger partial charge in [-0.1, -0.05) is 24.6 Å². The number of nitrogens with zero attached hydrogens (tertiary/aromatic N) is 5. The third-order valence-electron chi connectivity index (χ3n) is 5.75. The van der Waals surface area contributed by atoms with Crippen molar-refractivity contribution in [2.24, 2.45) is 0 Å². The molecule has 0 radical (unpaired) electrons. The van der Waals surface area contributed by atoms with E-state index >= 15 is 0 Å². The SMILES string of the molecule is CNc1ccc(C(=Pc2nn3ccccc3c2-c2ccnc(N)n2)N2CCCCC2)cc1. The van der Waals surface area contributed by atoms with Crippen LogP contribution in [0.3, 0.4) is 0 Å². The Balaban J connectivity index is 1.70. The quantitative estimate of drug-likeness (QED) is 0.458. The zero-order valence-electron chi connectivity index (χ0n) is 18.1. The van der Waals surface area contributed by atoms with E-state index in [0.717, 1.165) is 49.2 Å². The highest BCUT2D eigenvalue weighted by atomic mass is 31.1. The van der Waals surface area contributed by atoms with Gasteiger partial charge in [-0.15, -0.1) is 0 Å². The second-order valence-electron chi connectivity index (χ2n) is 7.84. The van der Waals surface area contributed by atoms with Crippen molar-refractivity contribution in [3.63, 3.8) is 0 Å². The van der Waals surface area contributed by atoms with Gasteiger partial charge in [0.2, 0.25) is 5.95 Å². The molecule has 0 atom stereocenters. The normalized spacial score (nSPS) is 15.2. The van der Waals surface area contributed by atoms with Crippen LogP contribution in [0, 0.1) is 0 Å². The molecule has 0 amide bonds. The van der Waals surface area contributed by atoms with E-state index in [2.05, 4.69) is 50.5 Å². The van der Waals surface area contributed by atoms with Crippen LogP contribution >= 0.6 is 8.20 Å². The van der Waals surface area contributed by atoms with Crippen molar-refractivity contribution in [1.29, 1.82) is 0 Å². The molecule has 0 unspecified atom stereocenters. The van der Waals surface area contributed by atoms with Crippen molar-refractivity contribution in [3.8, 4) is 11.3 Å². The Bertz CT molecular complexity index is 1260. The number of nitrogens with one attached hydrogen (secondary N) is 1. The molecular weight excluding hydrogens is 417 g/mol. The van der Waals surface area contributed by atoms with Crippen LogP contribution < -0.4 is 16.5 Å². The molecule has 5 rings (SSSR count). The zero-order chi connectivity index (χ0) is 21.9. The van der Waals surface area contributed by atoms with Gasteiger partial charge in [0.25, 0.3) is 0 Å². The van der Waals surface area contributed by atoms with E-state index in [4.69, 9.17) is 10.8 Å². The van der Waals surface area contributed by atoms with Gasteiger partial charge in [-0.3, -0.25) is 4.90 Å². The highest BCUT2D eigenvalue weighted by Crippen LogP contribution is 2.27. The predicted molar refractivity (Wildman–Crippen MR) is 133 cm³/mol. The van der Waals surface area contributed by atoms with E-state index in [0.29, 0.717) is 0 Å². The number of nitrogens with two attached hydrogens (primary N) is 1. The highest BCUT2D eigenvalue weighted by Gasteiger charge is 2.21. The molecule has 1 fully saturated rings. The molecule has 1 aliphatic heterocycles. The minimum absolute atomic E-state index is 0.267. The summed E-state index contributed by atoms with van der Waals surface area (Å²) in [4.78, 5) is 11.1. The highest BCUT2D eigenvalue weighted by molar-refractivity contribution is 7.49. The van der Waals surface area contributed by atoms with Gasteiger partial charge >= 0.3 is 0 Å². The summed E-state index contributed by atoms with van der Waals surface area (Å²) in [5.74, 6) is 0.267. The summed E-state index contributed by atoms with van der Waals surface area (Å²) in [6, 6.07) is 16.6. The number of nitrogen functional groups attached to an aromatic ring is 1. The first-order valence-electron chi connectivity index (χ1n) is 10.9. The molecule has 1 aromatic carbocycles. The molecule has 3 N–H and O–H groups in total. The average molecular weight is 443 g/mol. The van der Waals surface area contributed by atoms with Gasteiger partial charge in [0, 0.05) is 38.2 Å². The minimum Gasteiger partial charge on any atom is -0.388 e. The van der Waals surface area contributed by atoms with Crippen molar-refractivity contribution in [1.82, 2.24) is 24.5 Å². The molecule has 1 aliphatic rings. The number of hydrogen-bond donors (Lipinski definition) is 2. The van der Waals surface area contributed by atoms with Crippen LogP contribution in [0.2, 0.25) is 0 Å². The summed E-state index contributed by atoms with van der Waals surface area (Å²) >= 11 is 0. The molecule has 3 aromatic heterocycles. The van der Waals surface area contributed by atoms with E-state index < -0.39 is 0 Å². The van der Waals surface area contributed by atoms with Gasteiger partial charge < -0.3 is 11.1 Å². The topological polar surface area (TPSA) is 84.4 Å². The maximum absolute atomic E-state index is 5.92. The van der Waals surface area contributed by atoms with Gasteiger partial charge in [-0.05, 0) is 56.9 Å². The van der Waals surface area contributed by atoms with Crippen LogP contribution in [0.1, 0.15) is 24.8 Å². The number of pyridine rings is 1. The van der Waals surface area contributed by atoms with Gasteiger partial charge in [-0.25, -0.2) is 14.5 Å². The first kappa shape index (κ1) is 20.6. The van der Waals surface area contributed by atoms with E-state index in [1.807, 2.05) is 36.0 Å². The first-order valence-corrected chi connectivity index (χ1v) is 11.8. The van der Waals surface area contributed by atoms with Gasteiger partial charge in [0.05, 0.1) is 22.2 Å². The number of piperidine rings is 1. The Morgan fingerprint density at radius 2 is 1.84 bits per heavy atom. The second-order valence-corrected chi connectivity index (χ2v) is 8.91. The Hall–Kier alpha value is -3.28. The van der Waals surface area contributed by atoms with Crippen molar-refractivity contribution in [2.45, 2.75) is 19.3 Å². The summed E-state index contributed by atoms with van der Waals surface area (Å²) in [5, 5.41) is 8.16. The predicted octanol–water partition coefficient (Wildman–Crippen LogP) is 3.65. The second kappa shape index (κ2) is 9.07. The monoisotopic (exact) mass is 443 g/mol. The van der Waals surface area contributed by atoms with Crippen LogP contribution in [0.5, 0.6) is 0 Å². The summed E-state index contributed by atoms with van der Waals surface area (Å²) in [7, 11) is 2.99. The van der Waals surface area contributed by atoms with Gasteiger partial charge in [0.15, 0.2) is 0 Å². The fraction of sp³-hybridized carbons (Fsp3) is 0.250. The first-order chi connectivity index (χ1) is 15.7. The fourth-order valence-corrected chi connectivity index (χ4v) is 5.44. The number of fused-ring (bicyclic) bond motifs is 1. The molecule has 162 valence electrons. The standard InChI is InChI=1S/C24H26N7P/c1-26-18-10-8-17(9-11-18)23(30-14-4-2-5-15-30)32-22-21(19-12-13-27-24(25)28-19)20-7-3-6-16-31(20)29-22/h3,6-13,16,26H,2,4-5,14-15H2,1H3,(H2,25,27,28). The largest absolute Gasteiger partial charge is 0.388 e. The molecule has 1 saturated heterocycles. The molecule has 0 saturated carbocycles. The summed E-state index contributed by atoms with van der Waals surface area (Å²) in [6.45, 7) is 2.14. The molecule has 8 heteroatoms. The van der Waals surface area contributed by atoms with E-state index in [1.54, 1.807) is 6.20 Å². The molecule has 0 bridgehead atoms. The molecule has 4 aromatic rings. The number of benzene rings is 1. The molecule has 0 aliphatic carbocycles. The summed E-state index contributed by atoms with van der Waals surface area (Å²) in [6.07, 6.45) is 7.41. The lowest BCUT2D eigenvalue weighted by Gasteiger charge is -2.28. The maximum atomic E-state index is 5.92. The van der Waals surface area contributed by atoms with Crippen molar-refractivity contribution >= 4 is 36.2 Å². The molecule has 32 heavy (non-hydrogen) atoms. The van der Waals surface area contributed by atoms with Crippen LogP contribution in [-0.4, -0.2) is 50.0 Å². The Kier molecular flexibility index (Phi) is 5.84. The number of rotatable bonds is 5. The van der Waals surface area contributed by atoms with Gasteiger partial charge in [0.1, 0.15) is 5.44 Å². The lowest BCUT2D eigenvalue weighted by atomic mass is 10.1. The zero-order valence-corrected chi connectivity index (χ0v) is 19.0. The van der Waals surface area contributed by atoms with Crippen LogP contribution in [0.15, 0.2) is 60.9 Å². The van der Waals surface area contributed by atoms with E-state index in [9.17, 15) is 0 Å². The van der Waals surface area contributed by atoms with E-state index in [1.165, 1.54) is 30.2 Å². The summed E-state index contributed by atoms with van der Waals surface area (Å²) in [5.41, 5.74) is 13.3. The number of likely N-dealkylation sites (tertiary alicyclic amines) is 1. The number of anilines is 2. The number of aromatic nitrogens is 4. The Morgan fingerprint density at radius 3 is 2.59 bits per heavy atom. The molecule has 4 heterocycles. The van der Waals surface area contributed by atoms with Crippen molar-refractivity contribution in [3.05, 3.63) is 66.5 Å². The van der Waals surface area contributed by atoms with Crippen LogP contribution in [0.4, 0.5) is 11.6 Å². The third kappa shape index (κ3) is 4.09.